The lowest BCUT2D eigenvalue weighted by Crippen LogP contribution is -2.33. The van der Waals surface area contributed by atoms with Crippen molar-refractivity contribution in [2.24, 2.45) is 0 Å². The highest BCUT2D eigenvalue weighted by atomic mass is 16.3. The topological polar surface area (TPSA) is 28.4 Å². The number of aryl methyl sites for hydroxylation is 1. The summed E-state index contributed by atoms with van der Waals surface area (Å²) in [5.41, 5.74) is 1.31. The van der Waals surface area contributed by atoms with Crippen LogP contribution in [0.4, 0.5) is 0 Å². The number of hydrogen-bond acceptors (Lipinski definition) is 3. The van der Waals surface area contributed by atoms with Gasteiger partial charge >= 0.3 is 0 Å². The number of hydrogen-bond donors (Lipinski definition) is 1. The number of rotatable bonds is 7. The van der Waals surface area contributed by atoms with Crippen LogP contribution in [0.1, 0.15) is 49.8 Å². The van der Waals surface area contributed by atoms with Gasteiger partial charge in [-0.25, -0.2) is 0 Å². The van der Waals surface area contributed by atoms with E-state index in [9.17, 15) is 0 Å². The van der Waals surface area contributed by atoms with E-state index in [1.54, 1.807) is 6.26 Å². The maximum Gasteiger partial charge on any atom is 0.105 e. The van der Waals surface area contributed by atoms with Crippen LogP contribution in [-0.2, 0) is 6.54 Å². The number of nitrogens with one attached hydrogen (secondary N) is 1. The van der Waals surface area contributed by atoms with Crippen molar-refractivity contribution in [1.82, 2.24) is 10.2 Å². The highest BCUT2D eigenvalue weighted by molar-refractivity contribution is 5.14. The summed E-state index contributed by atoms with van der Waals surface area (Å²) < 4.78 is 5.33. The Morgan fingerprint density at radius 2 is 2.11 bits per heavy atom. The lowest BCUT2D eigenvalue weighted by Gasteiger charge is -2.23. The predicted molar refractivity (Wildman–Crippen MR) is 79.3 cm³/mol. The van der Waals surface area contributed by atoms with Crippen molar-refractivity contribution in [3.05, 3.63) is 23.7 Å². The zero-order chi connectivity index (χ0) is 13.5. The summed E-state index contributed by atoms with van der Waals surface area (Å²) in [6, 6.07) is 2.86. The summed E-state index contributed by atoms with van der Waals surface area (Å²) in [5.74, 6) is 1.05. The molecule has 1 N–H and O–H groups in total. The molecule has 0 amide bonds. The molecule has 19 heavy (non-hydrogen) atoms. The van der Waals surface area contributed by atoms with Gasteiger partial charge in [0.05, 0.1) is 6.26 Å². The maximum absolute atomic E-state index is 5.33. The van der Waals surface area contributed by atoms with E-state index in [0.29, 0.717) is 0 Å². The van der Waals surface area contributed by atoms with Gasteiger partial charge in [-0.15, -0.1) is 0 Å². The van der Waals surface area contributed by atoms with Gasteiger partial charge in [0.1, 0.15) is 5.76 Å². The van der Waals surface area contributed by atoms with Gasteiger partial charge in [0, 0.05) is 18.2 Å². The highest BCUT2D eigenvalue weighted by Gasteiger charge is 2.12. The van der Waals surface area contributed by atoms with Crippen LogP contribution in [0, 0.1) is 6.92 Å². The fourth-order valence-corrected chi connectivity index (χ4v) is 2.91. The van der Waals surface area contributed by atoms with Crippen molar-refractivity contribution in [2.75, 3.05) is 20.1 Å². The van der Waals surface area contributed by atoms with E-state index in [4.69, 9.17) is 4.42 Å². The minimum atomic E-state index is 0.787. The minimum absolute atomic E-state index is 0.787. The molecule has 0 unspecified atom stereocenters. The molecule has 108 valence electrons. The molecular formula is C16H28N2O. The third-order valence-electron chi connectivity index (χ3n) is 4.16. The quantitative estimate of drug-likeness (QED) is 0.766. The van der Waals surface area contributed by atoms with Crippen LogP contribution in [-0.4, -0.2) is 31.1 Å². The molecule has 1 aliphatic carbocycles. The Morgan fingerprint density at radius 1 is 1.32 bits per heavy atom. The predicted octanol–water partition coefficient (Wildman–Crippen LogP) is 3.33. The lowest BCUT2D eigenvalue weighted by atomic mass is 9.95. The second-order valence-corrected chi connectivity index (χ2v) is 5.88. The van der Waals surface area contributed by atoms with E-state index in [0.717, 1.165) is 31.4 Å². The fraction of sp³-hybridized carbons (Fsp3) is 0.750. The van der Waals surface area contributed by atoms with Crippen molar-refractivity contribution >= 4 is 0 Å². The summed E-state index contributed by atoms with van der Waals surface area (Å²) in [5, 5.41) is 3.70. The van der Waals surface area contributed by atoms with Crippen molar-refractivity contribution in [2.45, 2.75) is 58.0 Å². The van der Waals surface area contributed by atoms with Crippen molar-refractivity contribution in [3.8, 4) is 0 Å². The standard InChI is InChI=1S/C16H28N2O/c1-14-15(9-12-19-14)13-18(2)11-6-10-17-16-7-4-3-5-8-16/h9,12,16-17H,3-8,10-11,13H2,1-2H3. The van der Waals surface area contributed by atoms with E-state index < -0.39 is 0 Å². The molecular weight excluding hydrogens is 236 g/mol. The Labute approximate surface area is 117 Å². The third kappa shape index (κ3) is 5.00. The number of furan rings is 1. The number of nitrogens with zero attached hydrogens (tertiary/aromatic N) is 1. The Kier molecular flexibility index (Phi) is 5.93. The monoisotopic (exact) mass is 264 g/mol. The summed E-state index contributed by atoms with van der Waals surface area (Å²) in [4.78, 5) is 2.38. The van der Waals surface area contributed by atoms with Crippen molar-refractivity contribution in [3.63, 3.8) is 0 Å². The molecule has 0 radical (unpaired) electrons. The summed E-state index contributed by atoms with van der Waals surface area (Å²) in [7, 11) is 2.19. The molecule has 1 heterocycles. The summed E-state index contributed by atoms with van der Waals surface area (Å²) in [6.07, 6.45) is 10.0. The Bertz CT molecular complexity index is 355. The maximum atomic E-state index is 5.33. The van der Waals surface area contributed by atoms with Gasteiger partial charge in [0.15, 0.2) is 0 Å². The molecule has 1 aliphatic rings. The summed E-state index contributed by atoms with van der Waals surface area (Å²) in [6.45, 7) is 5.32. The van der Waals surface area contributed by atoms with Crippen LogP contribution in [0.25, 0.3) is 0 Å². The van der Waals surface area contributed by atoms with E-state index >= 15 is 0 Å². The van der Waals surface area contributed by atoms with E-state index in [2.05, 4.69) is 23.3 Å². The fourth-order valence-electron chi connectivity index (χ4n) is 2.91. The molecule has 0 aromatic carbocycles. The molecule has 1 aromatic rings. The van der Waals surface area contributed by atoms with Crippen molar-refractivity contribution < 1.29 is 4.42 Å². The average molecular weight is 264 g/mol. The zero-order valence-corrected chi connectivity index (χ0v) is 12.5. The van der Waals surface area contributed by atoms with Crippen LogP contribution in [0.2, 0.25) is 0 Å². The van der Waals surface area contributed by atoms with Crippen LogP contribution >= 0.6 is 0 Å². The molecule has 0 aliphatic heterocycles. The molecule has 0 atom stereocenters. The van der Waals surface area contributed by atoms with Crippen LogP contribution < -0.4 is 5.32 Å². The van der Waals surface area contributed by atoms with E-state index in [1.165, 1.54) is 44.1 Å². The molecule has 1 fully saturated rings. The van der Waals surface area contributed by atoms with E-state index in [1.807, 2.05) is 6.92 Å². The van der Waals surface area contributed by atoms with Crippen LogP contribution in [0.15, 0.2) is 16.7 Å². The molecule has 1 saturated carbocycles. The molecule has 0 saturated heterocycles. The van der Waals surface area contributed by atoms with Gasteiger partial charge in [0.25, 0.3) is 0 Å². The molecule has 2 rings (SSSR count). The molecule has 0 bridgehead atoms. The lowest BCUT2D eigenvalue weighted by molar-refractivity contribution is 0.306. The van der Waals surface area contributed by atoms with Gasteiger partial charge in [-0.3, -0.25) is 0 Å². The molecule has 0 spiro atoms. The SMILES string of the molecule is Cc1occc1CN(C)CCCNC1CCCCC1. The van der Waals surface area contributed by atoms with Gasteiger partial charge < -0.3 is 14.6 Å². The first-order valence-electron chi connectivity index (χ1n) is 7.70. The van der Waals surface area contributed by atoms with E-state index in [-0.39, 0.29) is 0 Å². The smallest absolute Gasteiger partial charge is 0.105 e. The van der Waals surface area contributed by atoms with Gasteiger partial charge in [-0.1, -0.05) is 19.3 Å². The molecule has 3 nitrogen and oxygen atoms in total. The average Bonchev–Trinajstić information content (AvgIpc) is 2.82. The van der Waals surface area contributed by atoms with Gasteiger partial charge in [-0.05, 0) is 52.4 Å². The molecule has 1 aromatic heterocycles. The van der Waals surface area contributed by atoms with Gasteiger partial charge in [0.2, 0.25) is 0 Å². The minimum Gasteiger partial charge on any atom is -0.469 e. The Morgan fingerprint density at radius 3 is 2.79 bits per heavy atom. The second kappa shape index (κ2) is 7.71. The third-order valence-corrected chi connectivity index (χ3v) is 4.16. The second-order valence-electron chi connectivity index (χ2n) is 5.88. The Balaban J connectivity index is 1.56. The summed E-state index contributed by atoms with van der Waals surface area (Å²) >= 11 is 0. The van der Waals surface area contributed by atoms with Gasteiger partial charge in [-0.2, -0.15) is 0 Å². The molecule has 3 heteroatoms. The van der Waals surface area contributed by atoms with Crippen molar-refractivity contribution in [1.29, 1.82) is 0 Å². The Hall–Kier alpha value is -0.800. The van der Waals surface area contributed by atoms with Crippen LogP contribution in [0.3, 0.4) is 0 Å². The zero-order valence-electron chi connectivity index (χ0n) is 12.5. The first kappa shape index (κ1) is 14.6. The highest BCUT2D eigenvalue weighted by Crippen LogP contribution is 2.17. The van der Waals surface area contributed by atoms with Crippen LogP contribution in [0.5, 0.6) is 0 Å². The normalized spacial score (nSPS) is 17.2. The first-order chi connectivity index (χ1) is 9.25. The first-order valence-corrected chi connectivity index (χ1v) is 7.70. The largest absolute Gasteiger partial charge is 0.469 e.